The fourth-order valence-corrected chi connectivity index (χ4v) is 2.75. The highest BCUT2D eigenvalue weighted by Gasteiger charge is 2.25. The predicted octanol–water partition coefficient (Wildman–Crippen LogP) is 4.63. The Morgan fingerprint density at radius 3 is 2.77 bits per heavy atom. The van der Waals surface area contributed by atoms with E-state index < -0.39 is 0 Å². The highest BCUT2D eigenvalue weighted by Crippen LogP contribution is 2.35. The van der Waals surface area contributed by atoms with Crippen molar-refractivity contribution in [2.24, 2.45) is 0 Å². The number of nitrogens with one attached hydrogen (secondary N) is 1. The molecule has 1 saturated carbocycles. The van der Waals surface area contributed by atoms with Gasteiger partial charge < -0.3 is 9.73 Å². The molecule has 1 aliphatic rings. The third kappa shape index (κ3) is 2.78. The molecule has 3 rings (SSSR count). The van der Waals surface area contributed by atoms with Gasteiger partial charge in [-0.3, -0.25) is 4.79 Å². The van der Waals surface area contributed by atoms with E-state index in [9.17, 15) is 4.79 Å². The number of nitrogens with zero attached hydrogens (tertiary/aromatic N) is 1. The van der Waals surface area contributed by atoms with Crippen molar-refractivity contribution in [3.63, 3.8) is 0 Å². The zero-order chi connectivity index (χ0) is 15.7. The lowest BCUT2D eigenvalue weighted by Crippen LogP contribution is -2.16. The number of aromatic nitrogens is 1. The molecule has 0 bridgehead atoms. The standard InChI is InChI=1S/C18H22N2O2/c1-11(2)14-9-4-6-12(3)16(14)20-17(21)15-10-22-18(19-15)13-7-5-8-13/h4,6,9-11,13H,5,7-8H2,1-3H3,(H,20,21). The molecule has 1 aromatic heterocycles. The van der Waals surface area contributed by atoms with E-state index in [1.165, 1.54) is 12.7 Å². The minimum atomic E-state index is -0.203. The highest BCUT2D eigenvalue weighted by atomic mass is 16.3. The number of carbonyl (C=O) groups is 1. The van der Waals surface area contributed by atoms with Crippen LogP contribution in [0, 0.1) is 6.92 Å². The van der Waals surface area contributed by atoms with E-state index in [1.807, 2.05) is 19.1 Å². The predicted molar refractivity (Wildman–Crippen MR) is 86.3 cm³/mol. The first-order valence-corrected chi connectivity index (χ1v) is 7.92. The molecule has 1 N–H and O–H groups in total. The zero-order valence-electron chi connectivity index (χ0n) is 13.3. The van der Waals surface area contributed by atoms with Gasteiger partial charge in [-0.05, 0) is 36.8 Å². The van der Waals surface area contributed by atoms with E-state index in [2.05, 4.69) is 30.2 Å². The summed E-state index contributed by atoms with van der Waals surface area (Å²) in [6.45, 7) is 6.24. The molecule has 2 aromatic rings. The molecule has 1 aromatic carbocycles. The largest absolute Gasteiger partial charge is 0.448 e. The minimum absolute atomic E-state index is 0.203. The van der Waals surface area contributed by atoms with Crippen molar-refractivity contribution in [1.82, 2.24) is 4.98 Å². The number of oxazole rings is 1. The van der Waals surface area contributed by atoms with Crippen molar-refractivity contribution >= 4 is 11.6 Å². The van der Waals surface area contributed by atoms with Crippen LogP contribution in [0.15, 0.2) is 28.9 Å². The average Bonchev–Trinajstić information content (AvgIpc) is 2.88. The summed E-state index contributed by atoms with van der Waals surface area (Å²) in [5.41, 5.74) is 3.44. The van der Waals surface area contributed by atoms with Gasteiger partial charge in [-0.15, -0.1) is 0 Å². The monoisotopic (exact) mass is 298 g/mol. The van der Waals surface area contributed by atoms with E-state index in [0.29, 0.717) is 23.4 Å². The number of amides is 1. The quantitative estimate of drug-likeness (QED) is 0.895. The fraction of sp³-hybridized carbons (Fsp3) is 0.444. The Morgan fingerprint density at radius 1 is 1.36 bits per heavy atom. The Bertz CT molecular complexity index is 684. The van der Waals surface area contributed by atoms with Crippen LogP contribution in [0.4, 0.5) is 5.69 Å². The van der Waals surface area contributed by atoms with E-state index in [1.54, 1.807) is 0 Å². The van der Waals surface area contributed by atoms with Crippen molar-refractivity contribution in [3.05, 3.63) is 47.2 Å². The van der Waals surface area contributed by atoms with Gasteiger partial charge in [0.1, 0.15) is 6.26 Å². The van der Waals surface area contributed by atoms with Crippen LogP contribution < -0.4 is 5.32 Å². The molecular weight excluding hydrogens is 276 g/mol. The summed E-state index contributed by atoms with van der Waals surface area (Å²) >= 11 is 0. The molecule has 1 heterocycles. The van der Waals surface area contributed by atoms with Crippen molar-refractivity contribution in [2.75, 3.05) is 5.32 Å². The van der Waals surface area contributed by atoms with Gasteiger partial charge in [0.2, 0.25) is 0 Å². The maximum absolute atomic E-state index is 12.4. The van der Waals surface area contributed by atoms with Gasteiger partial charge in [-0.25, -0.2) is 4.98 Å². The summed E-state index contributed by atoms with van der Waals surface area (Å²) in [6, 6.07) is 6.07. The summed E-state index contributed by atoms with van der Waals surface area (Å²) in [7, 11) is 0. The second-order valence-electron chi connectivity index (χ2n) is 6.35. The normalized spacial score (nSPS) is 14.9. The van der Waals surface area contributed by atoms with Crippen LogP contribution in [0.5, 0.6) is 0 Å². The number of para-hydroxylation sites is 1. The number of benzene rings is 1. The van der Waals surface area contributed by atoms with Crippen molar-refractivity contribution < 1.29 is 9.21 Å². The zero-order valence-corrected chi connectivity index (χ0v) is 13.3. The van der Waals surface area contributed by atoms with E-state index in [0.717, 1.165) is 29.7 Å². The smallest absolute Gasteiger partial charge is 0.277 e. The number of carbonyl (C=O) groups excluding carboxylic acids is 1. The fourth-order valence-electron chi connectivity index (χ4n) is 2.75. The number of anilines is 1. The van der Waals surface area contributed by atoms with Gasteiger partial charge in [0.05, 0.1) is 0 Å². The van der Waals surface area contributed by atoms with Crippen LogP contribution >= 0.6 is 0 Å². The maximum Gasteiger partial charge on any atom is 0.277 e. The van der Waals surface area contributed by atoms with Gasteiger partial charge in [0.15, 0.2) is 11.6 Å². The van der Waals surface area contributed by atoms with Crippen LogP contribution in [0.1, 0.15) is 72.5 Å². The average molecular weight is 298 g/mol. The first-order chi connectivity index (χ1) is 10.6. The number of rotatable bonds is 4. The van der Waals surface area contributed by atoms with Crippen LogP contribution in [-0.2, 0) is 0 Å². The Hall–Kier alpha value is -2.10. The molecule has 1 aliphatic carbocycles. The van der Waals surface area contributed by atoms with Gasteiger partial charge in [-0.1, -0.05) is 38.5 Å². The molecule has 22 heavy (non-hydrogen) atoms. The molecule has 116 valence electrons. The molecule has 1 fully saturated rings. The van der Waals surface area contributed by atoms with Crippen LogP contribution in [0.2, 0.25) is 0 Å². The highest BCUT2D eigenvalue weighted by molar-refractivity contribution is 6.03. The van der Waals surface area contributed by atoms with Crippen LogP contribution in [0.25, 0.3) is 0 Å². The summed E-state index contributed by atoms with van der Waals surface area (Å²) < 4.78 is 5.46. The second-order valence-corrected chi connectivity index (χ2v) is 6.35. The Kier molecular flexibility index (Phi) is 4.01. The molecule has 0 radical (unpaired) electrons. The lowest BCUT2D eigenvalue weighted by Gasteiger charge is -2.21. The molecule has 0 saturated heterocycles. The number of hydrogen-bond acceptors (Lipinski definition) is 3. The van der Waals surface area contributed by atoms with Crippen LogP contribution in [-0.4, -0.2) is 10.9 Å². The molecule has 0 unspecified atom stereocenters. The topological polar surface area (TPSA) is 55.1 Å². The lowest BCUT2D eigenvalue weighted by molar-refractivity contribution is 0.102. The molecule has 0 aliphatic heterocycles. The SMILES string of the molecule is Cc1cccc(C(C)C)c1NC(=O)c1coc(C2CCC2)n1. The Morgan fingerprint density at radius 2 is 2.14 bits per heavy atom. The van der Waals surface area contributed by atoms with E-state index in [4.69, 9.17) is 4.42 Å². The van der Waals surface area contributed by atoms with Crippen molar-refractivity contribution in [3.8, 4) is 0 Å². The van der Waals surface area contributed by atoms with E-state index in [-0.39, 0.29) is 5.91 Å². The number of aryl methyl sites for hydroxylation is 1. The van der Waals surface area contributed by atoms with Crippen molar-refractivity contribution in [1.29, 1.82) is 0 Å². The Balaban J connectivity index is 1.81. The molecule has 0 atom stereocenters. The Labute approximate surface area is 130 Å². The third-order valence-corrected chi connectivity index (χ3v) is 4.37. The van der Waals surface area contributed by atoms with Crippen LogP contribution in [0.3, 0.4) is 0 Å². The third-order valence-electron chi connectivity index (χ3n) is 4.37. The summed E-state index contributed by atoms with van der Waals surface area (Å²) in [5, 5.41) is 3.00. The first-order valence-electron chi connectivity index (χ1n) is 7.92. The molecule has 4 nitrogen and oxygen atoms in total. The first kappa shape index (κ1) is 14.8. The molecular formula is C18H22N2O2. The van der Waals surface area contributed by atoms with Crippen molar-refractivity contribution in [2.45, 2.75) is 51.9 Å². The molecule has 4 heteroatoms. The maximum atomic E-state index is 12.4. The second kappa shape index (κ2) is 5.95. The summed E-state index contributed by atoms with van der Waals surface area (Å²) in [4.78, 5) is 16.8. The summed E-state index contributed by atoms with van der Waals surface area (Å²) in [5.74, 6) is 1.24. The van der Waals surface area contributed by atoms with Gasteiger partial charge in [0.25, 0.3) is 5.91 Å². The van der Waals surface area contributed by atoms with Gasteiger partial charge in [-0.2, -0.15) is 0 Å². The van der Waals surface area contributed by atoms with E-state index >= 15 is 0 Å². The van der Waals surface area contributed by atoms with Gasteiger partial charge in [0, 0.05) is 11.6 Å². The summed E-state index contributed by atoms with van der Waals surface area (Å²) in [6.07, 6.45) is 4.90. The molecule has 1 amide bonds. The lowest BCUT2D eigenvalue weighted by atomic mass is 9.85. The minimum Gasteiger partial charge on any atom is -0.448 e. The number of hydrogen-bond donors (Lipinski definition) is 1. The van der Waals surface area contributed by atoms with Gasteiger partial charge >= 0.3 is 0 Å². The molecule has 0 spiro atoms.